The fourth-order valence-electron chi connectivity index (χ4n) is 3.42. The third kappa shape index (κ3) is 7.05. The van der Waals surface area contributed by atoms with Gasteiger partial charge in [-0.25, -0.2) is 0 Å². The molecule has 0 aliphatic heterocycles. The summed E-state index contributed by atoms with van der Waals surface area (Å²) in [5.74, 6) is -2.16. The van der Waals surface area contributed by atoms with E-state index in [1.165, 1.54) is 68.1 Å². The SMILES string of the molecule is CCCCP(Cl)(CCCC)(CCCC)Cc1ccc(CBr)cc1. The molecule has 134 valence electrons. The molecule has 0 N–H and O–H groups in total. The normalized spacial score (nSPS) is 13.7. The number of hydrogen-bond donors (Lipinski definition) is 0. The van der Waals surface area contributed by atoms with Gasteiger partial charge in [-0.05, 0) is 0 Å². The molecule has 0 spiro atoms. The van der Waals surface area contributed by atoms with E-state index in [4.69, 9.17) is 11.2 Å². The van der Waals surface area contributed by atoms with Crippen LogP contribution in [-0.4, -0.2) is 18.5 Å². The Balaban J connectivity index is 3.05. The van der Waals surface area contributed by atoms with Crippen LogP contribution in [0.2, 0.25) is 0 Å². The molecule has 0 unspecified atom stereocenters. The molecule has 0 nitrogen and oxygen atoms in total. The van der Waals surface area contributed by atoms with Crippen molar-refractivity contribution < 1.29 is 0 Å². The fraction of sp³-hybridized carbons (Fsp3) is 0.700. The Hall–Kier alpha value is 0.420. The van der Waals surface area contributed by atoms with Crippen LogP contribution in [0.4, 0.5) is 0 Å². The Morgan fingerprint density at radius 1 is 0.783 bits per heavy atom. The molecule has 0 saturated heterocycles. The van der Waals surface area contributed by atoms with Crippen LogP contribution < -0.4 is 0 Å². The molecule has 0 heterocycles. The van der Waals surface area contributed by atoms with Crippen molar-refractivity contribution in [3.63, 3.8) is 0 Å². The topological polar surface area (TPSA) is 0 Å². The Bertz CT molecular complexity index is 419. The van der Waals surface area contributed by atoms with Crippen LogP contribution in [-0.2, 0) is 11.5 Å². The van der Waals surface area contributed by atoms with Gasteiger partial charge in [-0.15, -0.1) is 0 Å². The van der Waals surface area contributed by atoms with E-state index in [-0.39, 0.29) is 0 Å². The summed E-state index contributed by atoms with van der Waals surface area (Å²) in [6.45, 7) is 6.88. The van der Waals surface area contributed by atoms with Crippen LogP contribution in [0, 0.1) is 0 Å². The summed E-state index contributed by atoms with van der Waals surface area (Å²) in [6, 6.07) is 9.12. The first-order valence-electron chi connectivity index (χ1n) is 9.35. The number of rotatable bonds is 12. The summed E-state index contributed by atoms with van der Waals surface area (Å²) in [4.78, 5) is 0. The van der Waals surface area contributed by atoms with Gasteiger partial charge in [0.25, 0.3) is 0 Å². The maximum absolute atomic E-state index is 7.66. The van der Waals surface area contributed by atoms with Crippen molar-refractivity contribution in [1.29, 1.82) is 0 Å². The molecule has 3 heteroatoms. The van der Waals surface area contributed by atoms with Crippen molar-refractivity contribution in [3.8, 4) is 0 Å². The van der Waals surface area contributed by atoms with Gasteiger partial charge in [0.1, 0.15) is 0 Å². The summed E-state index contributed by atoms with van der Waals surface area (Å²) in [5, 5.41) is 0.930. The Morgan fingerprint density at radius 3 is 1.52 bits per heavy atom. The number of hydrogen-bond acceptors (Lipinski definition) is 0. The van der Waals surface area contributed by atoms with Gasteiger partial charge >= 0.3 is 158 Å². The van der Waals surface area contributed by atoms with Crippen molar-refractivity contribution in [3.05, 3.63) is 35.4 Å². The molecule has 0 bridgehead atoms. The molecule has 1 aromatic rings. The second-order valence-electron chi connectivity index (χ2n) is 7.16. The summed E-state index contributed by atoms with van der Waals surface area (Å²) < 4.78 is 0. The third-order valence-electron chi connectivity index (χ3n) is 4.97. The Morgan fingerprint density at radius 2 is 1.17 bits per heavy atom. The van der Waals surface area contributed by atoms with Gasteiger partial charge in [0.15, 0.2) is 0 Å². The number of benzene rings is 1. The minimum absolute atomic E-state index is 0.930. The molecule has 1 aromatic carbocycles. The van der Waals surface area contributed by atoms with E-state index in [2.05, 4.69) is 61.0 Å². The number of unbranched alkanes of at least 4 members (excludes halogenated alkanes) is 3. The maximum atomic E-state index is 7.66. The first-order chi connectivity index (χ1) is 11.0. The van der Waals surface area contributed by atoms with Crippen molar-refractivity contribution >= 4 is 33.1 Å². The van der Waals surface area contributed by atoms with Gasteiger partial charge in [-0.1, -0.05) is 0 Å². The fourth-order valence-corrected chi connectivity index (χ4v) is 10.9. The molecular weight excluding hydrogens is 387 g/mol. The van der Waals surface area contributed by atoms with E-state index in [0.717, 1.165) is 11.5 Å². The first kappa shape index (κ1) is 21.5. The van der Waals surface area contributed by atoms with Crippen molar-refractivity contribution in [2.45, 2.75) is 70.8 Å². The standard InChI is InChI=1S/C20H35BrClP/c1-4-7-14-23(22,15-8-5-2,16-9-6-3)18-20-12-10-19(17-21)11-13-20/h10-13H,4-9,14-18H2,1-3H3. The van der Waals surface area contributed by atoms with E-state index in [1.54, 1.807) is 0 Å². The van der Waals surface area contributed by atoms with Crippen molar-refractivity contribution in [1.82, 2.24) is 0 Å². The van der Waals surface area contributed by atoms with E-state index in [9.17, 15) is 0 Å². The predicted octanol–water partition coefficient (Wildman–Crippen LogP) is 8.19. The van der Waals surface area contributed by atoms with Crippen LogP contribution in [0.3, 0.4) is 0 Å². The number of alkyl halides is 1. The van der Waals surface area contributed by atoms with Gasteiger partial charge in [0.05, 0.1) is 0 Å². The van der Waals surface area contributed by atoms with Crippen LogP contribution in [0.15, 0.2) is 24.3 Å². The molecular formula is C20H35BrClP. The third-order valence-corrected chi connectivity index (χ3v) is 13.0. The van der Waals surface area contributed by atoms with Crippen molar-refractivity contribution in [2.24, 2.45) is 0 Å². The molecule has 23 heavy (non-hydrogen) atoms. The summed E-state index contributed by atoms with van der Waals surface area (Å²) in [7, 11) is 0. The average molecular weight is 422 g/mol. The molecule has 0 aromatic heterocycles. The quantitative estimate of drug-likeness (QED) is 0.236. The zero-order valence-electron chi connectivity index (χ0n) is 15.3. The van der Waals surface area contributed by atoms with Gasteiger partial charge in [0, 0.05) is 0 Å². The van der Waals surface area contributed by atoms with Crippen LogP contribution >= 0.6 is 33.1 Å². The summed E-state index contributed by atoms with van der Waals surface area (Å²) in [6.07, 6.45) is 12.6. The van der Waals surface area contributed by atoms with E-state index in [1.807, 2.05) is 0 Å². The zero-order chi connectivity index (χ0) is 17.2. The second kappa shape index (κ2) is 10.4. The molecule has 0 saturated carbocycles. The zero-order valence-corrected chi connectivity index (χ0v) is 18.5. The van der Waals surface area contributed by atoms with Gasteiger partial charge in [0.2, 0.25) is 0 Å². The predicted molar refractivity (Wildman–Crippen MR) is 115 cm³/mol. The molecule has 0 aliphatic carbocycles. The monoisotopic (exact) mass is 420 g/mol. The molecule has 0 aliphatic rings. The molecule has 0 atom stereocenters. The van der Waals surface area contributed by atoms with E-state index in [0.29, 0.717) is 0 Å². The first-order valence-corrected chi connectivity index (χ1v) is 14.4. The molecule has 0 amide bonds. The Kier molecular flexibility index (Phi) is 9.72. The van der Waals surface area contributed by atoms with Crippen LogP contribution in [0.25, 0.3) is 0 Å². The second-order valence-corrected chi connectivity index (χ2v) is 15.9. The van der Waals surface area contributed by atoms with Crippen LogP contribution in [0.1, 0.15) is 70.4 Å². The number of halogens is 2. The minimum atomic E-state index is -2.16. The van der Waals surface area contributed by atoms with E-state index < -0.39 is 5.96 Å². The van der Waals surface area contributed by atoms with Gasteiger partial charge in [-0.2, -0.15) is 0 Å². The van der Waals surface area contributed by atoms with Crippen LogP contribution in [0.5, 0.6) is 0 Å². The molecule has 0 radical (unpaired) electrons. The van der Waals surface area contributed by atoms with Crippen molar-refractivity contribution in [2.75, 3.05) is 18.5 Å². The summed E-state index contributed by atoms with van der Waals surface area (Å²) >= 11 is 11.2. The average Bonchev–Trinajstić information content (AvgIpc) is 2.58. The molecule has 1 rings (SSSR count). The summed E-state index contributed by atoms with van der Waals surface area (Å²) in [5.41, 5.74) is 2.80. The molecule has 0 fully saturated rings. The Labute approximate surface area is 157 Å². The van der Waals surface area contributed by atoms with Gasteiger partial charge < -0.3 is 0 Å². The van der Waals surface area contributed by atoms with E-state index >= 15 is 0 Å². The van der Waals surface area contributed by atoms with Gasteiger partial charge in [-0.3, -0.25) is 0 Å².